The molecule has 3 heteroatoms. The van der Waals surface area contributed by atoms with Gasteiger partial charge in [-0.05, 0) is 37.0 Å². The largest absolute Gasteiger partial charge is 0.326 e. The first-order chi connectivity index (χ1) is 8.70. The van der Waals surface area contributed by atoms with Crippen molar-refractivity contribution >= 4 is 23.2 Å². The normalized spacial score (nSPS) is 17.7. The van der Waals surface area contributed by atoms with Crippen LogP contribution in [0.4, 0.5) is 5.69 Å². The van der Waals surface area contributed by atoms with E-state index in [1.165, 1.54) is 12.8 Å². The molecule has 1 aromatic rings. The number of hydrogen-bond donors (Lipinski definition) is 1. The first kappa shape index (κ1) is 13.4. The van der Waals surface area contributed by atoms with Gasteiger partial charge in [0, 0.05) is 17.0 Å². The zero-order chi connectivity index (χ0) is 13.0. The molecule has 0 heterocycles. The topological polar surface area (TPSA) is 29.1 Å². The summed E-state index contributed by atoms with van der Waals surface area (Å²) in [5.41, 5.74) is 1.81. The molecule has 0 unspecified atom stereocenters. The number of amides is 1. The summed E-state index contributed by atoms with van der Waals surface area (Å²) in [6, 6.07) is 7.76. The van der Waals surface area contributed by atoms with E-state index in [2.05, 4.69) is 12.2 Å². The van der Waals surface area contributed by atoms with Gasteiger partial charge in [0.2, 0.25) is 5.91 Å². The molecule has 98 valence electrons. The number of hydrogen-bond acceptors (Lipinski definition) is 1. The molecule has 0 atom stereocenters. The molecule has 0 radical (unpaired) electrons. The fraction of sp³-hybridized carbons (Fsp3) is 0.533. The third-order valence-electron chi connectivity index (χ3n) is 4.09. The Hall–Kier alpha value is -1.02. The van der Waals surface area contributed by atoms with Crippen molar-refractivity contribution < 1.29 is 4.79 Å². The van der Waals surface area contributed by atoms with E-state index in [1.807, 2.05) is 24.3 Å². The number of carbonyl (C=O) groups excluding carboxylic acids is 1. The maximum Gasteiger partial charge on any atom is 0.230 e. The monoisotopic (exact) mass is 265 g/mol. The molecule has 1 fully saturated rings. The molecule has 0 aromatic heterocycles. The Morgan fingerprint density at radius 1 is 1.28 bits per heavy atom. The van der Waals surface area contributed by atoms with E-state index < -0.39 is 0 Å². The van der Waals surface area contributed by atoms with Crippen molar-refractivity contribution in [1.82, 2.24) is 0 Å². The van der Waals surface area contributed by atoms with Crippen LogP contribution in [-0.2, 0) is 10.7 Å². The molecule has 18 heavy (non-hydrogen) atoms. The molecule has 1 saturated carbocycles. The lowest BCUT2D eigenvalue weighted by atomic mass is 9.82. The fourth-order valence-electron chi connectivity index (χ4n) is 2.73. The molecule has 1 amide bonds. The highest BCUT2D eigenvalue weighted by Crippen LogP contribution is 2.41. The third-order valence-corrected chi connectivity index (χ3v) is 4.39. The van der Waals surface area contributed by atoms with Gasteiger partial charge in [-0.15, -0.1) is 11.6 Å². The Morgan fingerprint density at radius 2 is 1.89 bits per heavy atom. The van der Waals surface area contributed by atoms with Crippen LogP contribution < -0.4 is 5.32 Å². The van der Waals surface area contributed by atoms with Crippen LogP contribution in [0.2, 0.25) is 0 Å². The second kappa shape index (κ2) is 5.75. The summed E-state index contributed by atoms with van der Waals surface area (Å²) in [7, 11) is 0. The maximum absolute atomic E-state index is 12.4. The van der Waals surface area contributed by atoms with E-state index in [0.717, 1.165) is 30.5 Å². The number of anilines is 1. The van der Waals surface area contributed by atoms with Gasteiger partial charge in [0.15, 0.2) is 0 Å². The van der Waals surface area contributed by atoms with Crippen molar-refractivity contribution in [2.45, 2.75) is 44.9 Å². The Kier molecular flexibility index (Phi) is 4.28. The van der Waals surface area contributed by atoms with Crippen LogP contribution in [0.5, 0.6) is 0 Å². The van der Waals surface area contributed by atoms with Gasteiger partial charge >= 0.3 is 0 Å². The third kappa shape index (κ3) is 2.69. The van der Waals surface area contributed by atoms with Crippen LogP contribution in [0.15, 0.2) is 24.3 Å². The van der Waals surface area contributed by atoms with E-state index in [1.54, 1.807) is 0 Å². The van der Waals surface area contributed by atoms with E-state index in [9.17, 15) is 4.79 Å². The van der Waals surface area contributed by atoms with Crippen LogP contribution in [0.25, 0.3) is 0 Å². The molecule has 1 aromatic carbocycles. The van der Waals surface area contributed by atoms with E-state index in [-0.39, 0.29) is 11.3 Å². The number of benzene rings is 1. The minimum absolute atomic E-state index is 0.134. The van der Waals surface area contributed by atoms with Crippen LogP contribution in [0.1, 0.15) is 44.6 Å². The predicted molar refractivity (Wildman–Crippen MR) is 75.8 cm³/mol. The summed E-state index contributed by atoms with van der Waals surface area (Å²) < 4.78 is 0. The van der Waals surface area contributed by atoms with Crippen molar-refractivity contribution in [3.8, 4) is 0 Å². The average Bonchev–Trinajstić information content (AvgIpc) is 2.89. The van der Waals surface area contributed by atoms with Crippen molar-refractivity contribution in [2.75, 3.05) is 5.32 Å². The standard InChI is InChI=1S/C15H20ClNO/c1-2-15(9-3-4-10-15)14(18)17-13-7-5-12(11-16)6-8-13/h5-8H,2-4,9-11H2,1H3,(H,17,18). The zero-order valence-electron chi connectivity index (χ0n) is 10.8. The van der Waals surface area contributed by atoms with Gasteiger partial charge in [-0.1, -0.05) is 31.9 Å². The number of alkyl halides is 1. The summed E-state index contributed by atoms with van der Waals surface area (Å²) in [5.74, 6) is 0.689. The number of rotatable bonds is 4. The van der Waals surface area contributed by atoms with Gasteiger partial charge in [-0.2, -0.15) is 0 Å². The second-order valence-corrected chi connectivity index (χ2v) is 5.39. The minimum atomic E-state index is -0.134. The van der Waals surface area contributed by atoms with Gasteiger partial charge < -0.3 is 5.32 Å². The Labute approximate surface area is 114 Å². The summed E-state index contributed by atoms with van der Waals surface area (Å²) in [6.45, 7) is 2.11. The molecular weight excluding hydrogens is 246 g/mol. The summed E-state index contributed by atoms with van der Waals surface area (Å²) in [4.78, 5) is 12.4. The summed E-state index contributed by atoms with van der Waals surface area (Å²) in [6.07, 6.45) is 5.32. The molecule has 0 bridgehead atoms. The van der Waals surface area contributed by atoms with E-state index in [4.69, 9.17) is 11.6 Å². The van der Waals surface area contributed by atoms with Gasteiger partial charge in [0.05, 0.1) is 0 Å². The molecule has 2 nitrogen and oxygen atoms in total. The van der Waals surface area contributed by atoms with Crippen molar-refractivity contribution in [3.05, 3.63) is 29.8 Å². The van der Waals surface area contributed by atoms with Gasteiger partial charge in [-0.25, -0.2) is 0 Å². The molecular formula is C15H20ClNO. The lowest BCUT2D eigenvalue weighted by molar-refractivity contribution is -0.125. The SMILES string of the molecule is CCC1(C(=O)Nc2ccc(CCl)cc2)CCCC1. The van der Waals surface area contributed by atoms with Crippen LogP contribution in [0, 0.1) is 5.41 Å². The lowest BCUT2D eigenvalue weighted by Gasteiger charge is -2.26. The average molecular weight is 266 g/mol. The number of carbonyl (C=O) groups is 1. The maximum atomic E-state index is 12.4. The van der Waals surface area contributed by atoms with Crippen LogP contribution >= 0.6 is 11.6 Å². The predicted octanol–water partition coefficient (Wildman–Crippen LogP) is 4.33. The summed E-state index contributed by atoms with van der Waals surface area (Å²) >= 11 is 5.75. The highest BCUT2D eigenvalue weighted by Gasteiger charge is 2.39. The molecule has 1 aliphatic carbocycles. The first-order valence-corrected chi connectivity index (χ1v) is 7.20. The smallest absolute Gasteiger partial charge is 0.230 e. The van der Waals surface area contributed by atoms with E-state index in [0.29, 0.717) is 5.88 Å². The molecule has 1 N–H and O–H groups in total. The second-order valence-electron chi connectivity index (χ2n) is 5.13. The Bertz CT molecular complexity index is 407. The van der Waals surface area contributed by atoms with Gasteiger partial charge in [-0.3, -0.25) is 4.79 Å². The highest BCUT2D eigenvalue weighted by molar-refractivity contribution is 6.17. The fourth-order valence-corrected chi connectivity index (χ4v) is 2.91. The first-order valence-electron chi connectivity index (χ1n) is 6.66. The van der Waals surface area contributed by atoms with Crippen LogP contribution in [0.3, 0.4) is 0 Å². The highest BCUT2D eigenvalue weighted by atomic mass is 35.5. The number of halogens is 1. The van der Waals surface area contributed by atoms with Crippen LogP contribution in [-0.4, -0.2) is 5.91 Å². The minimum Gasteiger partial charge on any atom is -0.326 e. The molecule has 0 saturated heterocycles. The molecule has 0 aliphatic heterocycles. The van der Waals surface area contributed by atoms with Gasteiger partial charge in [0.1, 0.15) is 0 Å². The molecule has 2 rings (SSSR count). The Balaban J connectivity index is 2.05. The summed E-state index contributed by atoms with van der Waals surface area (Å²) in [5, 5.41) is 3.04. The quantitative estimate of drug-likeness (QED) is 0.807. The Morgan fingerprint density at radius 3 is 2.39 bits per heavy atom. The van der Waals surface area contributed by atoms with Gasteiger partial charge in [0.25, 0.3) is 0 Å². The van der Waals surface area contributed by atoms with Crippen molar-refractivity contribution in [1.29, 1.82) is 0 Å². The van der Waals surface area contributed by atoms with E-state index >= 15 is 0 Å². The van der Waals surface area contributed by atoms with Crippen molar-refractivity contribution in [2.24, 2.45) is 5.41 Å². The lowest BCUT2D eigenvalue weighted by Crippen LogP contribution is -2.33. The molecule has 1 aliphatic rings. The zero-order valence-corrected chi connectivity index (χ0v) is 11.6. The number of nitrogens with one attached hydrogen (secondary N) is 1. The van der Waals surface area contributed by atoms with Crippen molar-refractivity contribution in [3.63, 3.8) is 0 Å². The molecule has 0 spiro atoms.